The summed E-state index contributed by atoms with van der Waals surface area (Å²) in [6.45, 7) is 7.69. The molecule has 2 aliphatic rings. The van der Waals surface area contributed by atoms with Crippen molar-refractivity contribution in [3.63, 3.8) is 0 Å². The zero-order valence-electron chi connectivity index (χ0n) is 21.5. The highest BCUT2D eigenvalue weighted by atomic mass is 16.5. The van der Waals surface area contributed by atoms with Crippen LogP contribution in [0, 0.1) is 29.6 Å². The topological polar surface area (TPSA) is 35.5 Å². The number of hydrogen-bond acceptors (Lipinski definition) is 3. The van der Waals surface area contributed by atoms with Crippen LogP contribution in [0.5, 0.6) is 11.5 Å². The molecule has 0 amide bonds. The molecule has 1 atom stereocenters. The van der Waals surface area contributed by atoms with Gasteiger partial charge in [0, 0.05) is 0 Å². The molecule has 1 aromatic rings. The lowest BCUT2D eigenvalue weighted by atomic mass is 9.68. The van der Waals surface area contributed by atoms with Crippen molar-refractivity contribution in [3.8, 4) is 11.5 Å². The first-order chi connectivity index (χ1) is 16.1. The minimum Gasteiger partial charge on any atom is -0.494 e. The molecule has 0 heterocycles. The number of esters is 1. The number of carbonyl (C=O) groups excluding carboxylic acids is 1. The third-order valence-corrected chi connectivity index (χ3v) is 8.40. The van der Waals surface area contributed by atoms with Crippen LogP contribution >= 0.6 is 0 Å². The number of benzene rings is 1. The molecule has 3 rings (SSSR count). The molecule has 186 valence electrons. The second kappa shape index (κ2) is 14.0. The molecule has 2 fully saturated rings. The van der Waals surface area contributed by atoms with Crippen molar-refractivity contribution < 1.29 is 14.3 Å². The molecule has 3 heteroatoms. The molecule has 0 radical (unpaired) electrons. The van der Waals surface area contributed by atoms with Gasteiger partial charge in [0.1, 0.15) is 11.5 Å². The van der Waals surface area contributed by atoms with Gasteiger partial charge >= 0.3 is 5.97 Å². The lowest BCUT2D eigenvalue weighted by Gasteiger charge is -2.37. The standard InChI is InChI=1S/C30H48O3/c1-4-6-7-8-21-32-28-17-19-29(20-18-28)33-30(31)27-15-13-26(14-16-27)25-11-9-24(10-12-25)22-23(3)5-2/h17-20,23-27H,4-16,21-22H2,1-3H3. The largest absolute Gasteiger partial charge is 0.494 e. The van der Waals surface area contributed by atoms with Crippen molar-refractivity contribution >= 4 is 5.97 Å². The summed E-state index contributed by atoms with van der Waals surface area (Å²) in [6.07, 6.45) is 17.6. The van der Waals surface area contributed by atoms with E-state index >= 15 is 0 Å². The first kappa shape index (κ1) is 26.1. The summed E-state index contributed by atoms with van der Waals surface area (Å²) in [5, 5.41) is 0. The Morgan fingerprint density at radius 1 is 0.848 bits per heavy atom. The van der Waals surface area contributed by atoms with Crippen molar-refractivity contribution in [1.82, 2.24) is 0 Å². The maximum absolute atomic E-state index is 12.7. The second-order valence-corrected chi connectivity index (χ2v) is 10.9. The highest BCUT2D eigenvalue weighted by Crippen LogP contribution is 2.43. The van der Waals surface area contributed by atoms with Crippen LogP contribution in [0.2, 0.25) is 0 Å². The Balaban J connectivity index is 1.34. The SMILES string of the molecule is CCCCCCOc1ccc(OC(=O)C2CCC(C3CCC(CC(C)CC)CC3)CC2)cc1. The molecule has 0 aromatic heterocycles. The van der Waals surface area contributed by atoms with Crippen LogP contribution in [-0.2, 0) is 4.79 Å². The maximum atomic E-state index is 12.7. The fourth-order valence-corrected chi connectivity index (χ4v) is 5.98. The van der Waals surface area contributed by atoms with Gasteiger partial charge in [0.05, 0.1) is 12.5 Å². The van der Waals surface area contributed by atoms with Crippen LogP contribution in [0.4, 0.5) is 0 Å². The Bertz CT molecular complexity index is 666. The van der Waals surface area contributed by atoms with Crippen LogP contribution in [0.1, 0.15) is 111 Å². The number of carbonyl (C=O) groups is 1. The van der Waals surface area contributed by atoms with Gasteiger partial charge in [-0.3, -0.25) is 4.79 Å². The summed E-state index contributed by atoms with van der Waals surface area (Å²) in [4.78, 5) is 12.7. The lowest BCUT2D eigenvalue weighted by Crippen LogP contribution is -2.30. The summed E-state index contributed by atoms with van der Waals surface area (Å²) in [5.74, 6) is 5.08. The van der Waals surface area contributed by atoms with E-state index < -0.39 is 0 Å². The zero-order valence-corrected chi connectivity index (χ0v) is 21.5. The Hall–Kier alpha value is -1.51. The molecule has 2 saturated carbocycles. The summed E-state index contributed by atoms with van der Waals surface area (Å²) in [6, 6.07) is 7.55. The molecule has 0 saturated heterocycles. The predicted octanol–water partition coefficient (Wildman–Crippen LogP) is 8.60. The Morgan fingerprint density at radius 2 is 1.45 bits per heavy atom. The zero-order chi connectivity index (χ0) is 23.5. The summed E-state index contributed by atoms with van der Waals surface area (Å²) < 4.78 is 11.5. The number of ether oxygens (including phenoxy) is 2. The van der Waals surface area contributed by atoms with Gasteiger partial charge in [0.2, 0.25) is 0 Å². The van der Waals surface area contributed by atoms with Crippen molar-refractivity contribution in [2.24, 2.45) is 29.6 Å². The van der Waals surface area contributed by atoms with E-state index in [4.69, 9.17) is 9.47 Å². The molecule has 0 N–H and O–H groups in total. The Kier molecular flexibility index (Phi) is 11.1. The van der Waals surface area contributed by atoms with Gasteiger partial charge < -0.3 is 9.47 Å². The fourth-order valence-electron chi connectivity index (χ4n) is 5.98. The Labute approximate surface area is 203 Å². The van der Waals surface area contributed by atoms with Gasteiger partial charge in [-0.15, -0.1) is 0 Å². The number of unbranched alkanes of at least 4 members (excludes halogenated alkanes) is 3. The molecule has 1 aromatic carbocycles. The Morgan fingerprint density at radius 3 is 2.06 bits per heavy atom. The van der Waals surface area contributed by atoms with Crippen LogP contribution in [0.15, 0.2) is 24.3 Å². The smallest absolute Gasteiger partial charge is 0.314 e. The quantitative estimate of drug-likeness (QED) is 0.179. The molecule has 3 nitrogen and oxygen atoms in total. The molecule has 1 unspecified atom stereocenters. The monoisotopic (exact) mass is 456 g/mol. The summed E-state index contributed by atoms with van der Waals surface area (Å²) in [5.41, 5.74) is 0. The van der Waals surface area contributed by atoms with E-state index in [1.165, 1.54) is 70.6 Å². The van der Waals surface area contributed by atoms with Crippen LogP contribution < -0.4 is 9.47 Å². The molecule has 2 aliphatic carbocycles. The third-order valence-electron chi connectivity index (χ3n) is 8.40. The predicted molar refractivity (Wildman–Crippen MR) is 137 cm³/mol. The summed E-state index contributed by atoms with van der Waals surface area (Å²) in [7, 11) is 0. The van der Waals surface area contributed by atoms with Gasteiger partial charge in [0.25, 0.3) is 0 Å². The van der Waals surface area contributed by atoms with Crippen molar-refractivity contribution in [1.29, 1.82) is 0 Å². The minimum atomic E-state index is -0.0426. The van der Waals surface area contributed by atoms with E-state index in [1.54, 1.807) is 0 Å². The number of hydrogen-bond donors (Lipinski definition) is 0. The summed E-state index contributed by atoms with van der Waals surface area (Å²) >= 11 is 0. The second-order valence-electron chi connectivity index (χ2n) is 10.9. The van der Waals surface area contributed by atoms with Crippen LogP contribution in [-0.4, -0.2) is 12.6 Å². The van der Waals surface area contributed by atoms with Crippen LogP contribution in [0.25, 0.3) is 0 Å². The van der Waals surface area contributed by atoms with Gasteiger partial charge in [0.15, 0.2) is 0 Å². The van der Waals surface area contributed by atoms with E-state index in [0.717, 1.165) is 55.3 Å². The van der Waals surface area contributed by atoms with E-state index in [1.807, 2.05) is 24.3 Å². The highest BCUT2D eigenvalue weighted by Gasteiger charge is 2.33. The maximum Gasteiger partial charge on any atom is 0.314 e. The van der Waals surface area contributed by atoms with Gasteiger partial charge in [-0.25, -0.2) is 0 Å². The van der Waals surface area contributed by atoms with E-state index in [-0.39, 0.29) is 11.9 Å². The van der Waals surface area contributed by atoms with Crippen molar-refractivity contribution in [3.05, 3.63) is 24.3 Å². The molecule has 0 spiro atoms. The van der Waals surface area contributed by atoms with Crippen molar-refractivity contribution in [2.75, 3.05) is 6.61 Å². The number of rotatable bonds is 12. The van der Waals surface area contributed by atoms with Gasteiger partial charge in [-0.1, -0.05) is 59.3 Å². The van der Waals surface area contributed by atoms with E-state index in [2.05, 4.69) is 20.8 Å². The average Bonchev–Trinajstić information content (AvgIpc) is 2.85. The fraction of sp³-hybridized carbons (Fsp3) is 0.767. The normalized spacial score (nSPS) is 26.5. The van der Waals surface area contributed by atoms with Gasteiger partial charge in [-0.2, -0.15) is 0 Å². The molecular weight excluding hydrogens is 408 g/mol. The molecule has 0 bridgehead atoms. The molecule has 33 heavy (non-hydrogen) atoms. The van der Waals surface area contributed by atoms with Crippen molar-refractivity contribution in [2.45, 2.75) is 111 Å². The first-order valence-corrected chi connectivity index (χ1v) is 14.0. The molecule has 0 aliphatic heterocycles. The minimum absolute atomic E-state index is 0.0426. The van der Waals surface area contributed by atoms with Crippen LogP contribution in [0.3, 0.4) is 0 Å². The highest BCUT2D eigenvalue weighted by molar-refractivity contribution is 5.75. The third kappa shape index (κ3) is 8.65. The lowest BCUT2D eigenvalue weighted by molar-refractivity contribution is -0.140. The van der Waals surface area contributed by atoms with E-state index in [0.29, 0.717) is 5.75 Å². The molecular formula is C30H48O3. The first-order valence-electron chi connectivity index (χ1n) is 14.0. The average molecular weight is 457 g/mol. The van der Waals surface area contributed by atoms with E-state index in [9.17, 15) is 4.79 Å². The van der Waals surface area contributed by atoms with Gasteiger partial charge in [-0.05, 0) is 99.3 Å².